The molecule has 11 heteroatoms. The lowest BCUT2D eigenvalue weighted by molar-refractivity contribution is -0.118. The molecule has 0 aliphatic rings. The van der Waals surface area contributed by atoms with Crippen LogP contribution >= 0.6 is 11.8 Å². The van der Waals surface area contributed by atoms with Crippen molar-refractivity contribution in [2.24, 2.45) is 5.10 Å². The van der Waals surface area contributed by atoms with Crippen LogP contribution in [0, 0.1) is 5.82 Å². The Bertz CT molecular complexity index is 1010. The number of nitrogens with one attached hydrogen (secondary N) is 2. The van der Waals surface area contributed by atoms with Gasteiger partial charge in [-0.15, -0.1) is 10.2 Å². The van der Waals surface area contributed by atoms with Crippen LogP contribution in [0.15, 0.2) is 58.8 Å². The van der Waals surface area contributed by atoms with Gasteiger partial charge in [0.05, 0.1) is 19.1 Å². The van der Waals surface area contributed by atoms with Crippen LogP contribution in [0.1, 0.15) is 11.1 Å². The van der Waals surface area contributed by atoms with Crippen LogP contribution in [0.2, 0.25) is 0 Å². The Morgan fingerprint density at radius 3 is 2.67 bits per heavy atom. The molecule has 0 saturated heterocycles. The molecule has 0 aliphatic carbocycles. The van der Waals surface area contributed by atoms with E-state index in [4.69, 9.17) is 10.6 Å². The van der Waals surface area contributed by atoms with E-state index in [9.17, 15) is 9.18 Å². The summed E-state index contributed by atoms with van der Waals surface area (Å²) in [6.07, 6.45) is 1.60. The average Bonchev–Trinajstić information content (AvgIpc) is 3.12. The first kappa shape index (κ1) is 21.1. The summed E-state index contributed by atoms with van der Waals surface area (Å²) in [4.78, 5) is 12.0. The molecular weight excluding hydrogens is 409 g/mol. The van der Waals surface area contributed by atoms with E-state index in [1.807, 2.05) is 24.3 Å². The highest BCUT2D eigenvalue weighted by atomic mass is 32.2. The van der Waals surface area contributed by atoms with Crippen LogP contribution in [-0.2, 0) is 11.3 Å². The number of nitrogen functional groups attached to an aromatic ring is 1. The third kappa shape index (κ3) is 5.95. The molecule has 0 radical (unpaired) electrons. The van der Waals surface area contributed by atoms with Gasteiger partial charge in [-0.3, -0.25) is 4.79 Å². The lowest BCUT2D eigenvalue weighted by atomic mass is 10.2. The highest BCUT2D eigenvalue weighted by Crippen LogP contribution is 2.16. The number of nitrogens with two attached hydrogens (primary N) is 1. The second kappa shape index (κ2) is 10.3. The molecule has 0 spiro atoms. The summed E-state index contributed by atoms with van der Waals surface area (Å²) in [6.45, 7) is 0.307. The molecule has 3 rings (SSSR count). The molecule has 1 aromatic heterocycles. The Morgan fingerprint density at radius 1 is 1.23 bits per heavy atom. The monoisotopic (exact) mass is 429 g/mol. The highest BCUT2D eigenvalue weighted by Gasteiger charge is 2.12. The van der Waals surface area contributed by atoms with Crippen molar-refractivity contribution in [1.82, 2.24) is 20.2 Å². The number of amides is 1. The summed E-state index contributed by atoms with van der Waals surface area (Å²) in [5.74, 6) is 6.50. The van der Waals surface area contributed by atoms with Crippen molar-refractivity contribution >= 4 is 29.8 Å². The molecule has 0 bridgehead atoms. The summed E-state index contributed by atoms with van der Waals surface area (Å²) in [7, 11) is 1.60. The zero-order chi connectivity index (χ0) is 21.3. The average molecular weight is 429 g/mol. The fraction of sp³-hybridized carbons (Fsp3) is 0.158. The molecule has 0 atom stereocenters. The maximum absolute atomic E-state index is 12.9. The summed E-state index contributed by atoms with van der Waals surface area (Å²) in [6, 6.07) is 13.3. The van der Waals surface area contributed by atoms with Gasteiger partial charge in [0.1, 0.15) is 11.6 Å². The van der Waals surface area contributed by atoms with Crippen molar-refractivity contribution in [3.05, 3.63) is 65.5 Å². The molecule has 0 saturated carbocycles. The predicted octanol–water partition coefficient (Wildman–Crippen LogP) is 1.99. The van der Waals surface area contributed by atoms with E-state index in [0.29, 0.717) is 11.7 Å². The zero-order valence-electron chi connectivity index (χ0n) is 16.1. The summed E-state index contributed by atoms with van der Waals surface area (Å²) >= 11 is 1.13. The van der Waals surface area contributed by atoms with Crippen LogP contribution in [0.5, 0.6) is 5.75 Å². The standard InChI is InChI=1S/C19H20FN7O2S/c1-29-16-8-4-14(5-9-16)11-23-24-18-25-26-19(27(18)21)30-12-17(28)22-10-13-2-6-15(20)7-3-13/h2-9,11H,10,12,21H2,1H3,(H,22,28)(H,24,25)/b23-11+. The SMILES string of the molecule is COc1ccc(/C=N/Nc2nnc(SCC(=O)NCc3ccc(F)cc3)n2N)cc1. The first-order chi connectivity index (χ1) is 14.5. The number of nitrogens with zero attached hydrogens (tertiary/aromatic N) is 4. The molecule has 1 amide bonds. The predicted molar refractivity (Wildman–Crippen MR) is 113 cm³/mol. The van der Waals surface area contributed by atoms with Crippen molar-refractivity contribution in [2.75, 3.05) is 24.1 Å². The Labute approximate surface area is 176 Å². The maximum Gasteiger partial charge on any atom is 0.264 e. The van der Waals surface area contributed by atoms with E-state index in [0.717, 1.165) is 28.6 Å². The highest BCUT2D eigenvalue weighted by molar-refractivity contribution is 7.99. The molecule has 156 valence electrons. The number of hydrazone groups is 1. The lowest BCUT2D eigenvalue weighted by Gasteiger charge is -2.05. The Kier molecular flexibility index (Phi) is 7.22. The number of rotatable bonds is 9. The van der Waals surface area contributed by atoms with Gasteiger partial charge in [0.2, 0.25) is 11.1 Å². The number of methoxy groups -OCH3 is 1. The lowest BCUT2D eigenvalue weighted by Crippen LogP contribution is -2.25. The number of anilines is 1. The molecule has 0 unspecified atom stereocenters. The van der Waals surface area contributed by atoms with Crippen LogP contribution in [0.25, 0.3) is 0 Å². The van der Waals surface area contributed by atoms with E-state index in [1.165, 1.54) is 16.8 Å². The molecule has 0 fully saturated rings. The van der Waals surface area contributed by atoms with Crippen molar-refractivity contribution in [3.63, 3.8) is 0 Å². The van der Waals surface area contributed by atoms with E-state index in [-0.39, 0.29) is 23.4 Å². The third-order valence-corrected chi connectivity index (χ3v) is 4.84. The number of carbonyl (C=O) groups excluding carboxylic acids is 1. The first-order valence-electron chi connectivity index (χ1n) is 8.82. The largest absolute Gasteiger partial charge is 0.497 e. The number of aromatic nitrogens is 3. The third-order valence-electron chi connectivity index (χ3n) is 3.89. The quantitative estimate of drug-likeness (QED) is 0.206. The van der Waals surface area contributed by atoms with Crippen molar-refractivity contribution in [3.8, 4) is 5.75 Å². The Hall–Kier alpha value is -3.60. The fourth-order valence-corrected chi connectivity index (χ4v) is 2.98. The van der Waals surface area contributed by atoms with Crippen LogP contribution < -0.4 is 21.3 Å². The summed E-state index contributed by atoms with van der Waals surface area (Å²) in [5, 5.41) is 15.0. The second-order valence-electron chi connectivity index (χ2n) is 6.01. The zero-order valence-corrected chi connectivity index (χ0v) is 16.9. The number of halogens is 1. The normalized spacial score (nSPS) is 10.9. The smallest absolute Gasteiger partial charge is 0.264 e. The number of hydrogen-bond acceptors (Lipinski definition) is 8. The van der Waals surface area contributed by atoms with Crippen molar-refractivity contribution < 1.29 is 13.9 Å². The molecule has 30 heavy (non-hydrogen) atoms. The Morgan fingerprint density at radius 2 is 1.97 bits per heavy atom. The number of thioether (sulfide) groups is 1. The fourth-order valence-electron chi connectivity index (χ4n) is 2.29. The minimum absolute atomic E-state index is 0.103. The van der Waals surface area contributed by atoms with Crippen LogP contribution in [0.4, 0.5) is 10.3 Å². The minimum Gasteiger partial charge on any atom is -0.497 e. The van der Waals surface area contributed by atoms with Gasteiger partial charge in [0.25, 0.3) is 5.95 Å². The van der Waals surface area contributed by atoms with Crippen molar-refractivity contribution in [2.45, 2.75) is 11.7 Å². The van der Waals surface area contributed by atoms with Gasteiger partial charge in [-0.05, 0) is 47.5 Å². The summed E-state index contributed by atoms with van der Waals surface area (Å²) < 4.78 is 19.2. The second-order valence-corrected chi connectivity index (χ2v) is 6.95. The van der Waals surface area contributed by atoms with Crippen molar-refractivity contribution in [1.29, 1.82) is 0 Å². The molecule has 0 aliphatic heterocycles. The molecular formula is C19H20FN7O2S. The topological polar surface area (TPSA) is 119 Å². The van der Waals surface area contributed by atoms with Crippen LogP contribution in [0.3, 0.4) is 0 Å². The summed E-state index contributed by atoms with van der Waals surface area (Å²) in [5.41, 5.74) is 4.37. The van der Waals surface area contributed by atoms with E-state index in [1.54, 1.807) is 25.5 Å². The maximum atomic E-state index is 12.9. The first-order valence-corrected chi connectivity index (χ1v) is 9.81. The number of carbonyl (C=O) groups is 1. The number of ether oxygens (including phenoxy) is 1. The van der Waals surface area contributed by atoms with E-state index >= 15 is 0 Å². The van der Waals surface area contributed by atoms with E-state index in [2.05, 4.69) is 26.0 Å². The van der Waals surface area contributed by atoms with Gasteiger partial charge in [-0.2, -0.15) is 5.10 Å². The van der Waals surface area contributed by atoms with Crippen LogP contribution in [-0.4, -0.2) is 39.9 Å². The molecule has 3 aromatic rings. The molecule has 4 N–H and O–H groups in total. The van der Waals surface area contributed by atoms with Gasteiger partial charge < -0.3 is 15.9 Å². The Balaban J connectivity index is 1.46. The van der Waals surface area contributed by atoms with Gasteiger partial charge in [0.15, 0.2) is 0 Å². The van der Waals surface area contributed by atoms with E-state index < -0.39 is 0 Å². The van der Waals surface area contributed by atoms with Gasteiger partial charge >= 0.3 is 0 Å². The molecule has 9 nitrogen and oxygen atoms in total. The van der Waals surface area contributed by atoms with Gasteiger partial charge in [-0.1, -0.05) is 23.9 Å². The minimum atomic E-state index is -0.319. The molecule has 1 heterocycles. The number of hydrogen-bond donors (Lipinski definition) is 3. The number of benzene rings is 2. The molecule has 2 aromatic carbocycles. The van der Waals surface area contributed by atoms with Gasteiger partial charge in [0, 0.05) is 6.54 Å². The van der Waals surface area contributed by atoms with Gasteiger partial charge in [-0.25, -0.2) is 14.5 Å².